The molecule has 0 aliphatic heterocycles. The van der Waals surface area contributed by atoms with Crippen molar-refractivity contribution in [3.8, 4) is 11.6 Å². The van der Waals surface area contributed by atoms with Gasteiger partial charge in [-0.1, -0.05) is 0 Å². The average Bonchev–Trinajstić information content (AvgIpc) is 3.42. The van der Waals surface area contributed by atoms with Crippen molar-refractivity contribution < 1.29 is 9.84 Å². The zero-order valence-corrected chi connectivity index (χ0v) is 14.4. The Morgan fingerprint density at radius 2 is 2.12 bits per heavy atom. The number of ether oxygens (including phenoxy) is 1. The third kappa shape index (κ3) is 4.00. The largest absolute Gasteiger partial charge is 0.506 e. The quantitative estimate of drug-likeness (QED) is 0.543. The molecule has 0 spiro atoms. The number of rotatable bonds is 6. The lowest BCUT2D eigenvalue weighted by Crippen LogP contribution is -2.31. The van der Waals surface area contributed by atoms with E-state index in [2.05, 4.69) is 9.97 Å². The van der Waals surface area contributed by atoms with E-state index in [4.69, 9.17) is 16.3 Å². The van der Waals surface area contributed by atoms with E-state index in [1.54, 1.807) is 32.3 Å². The van der Waals surface area contributed by atoms with Crippen LogP contribution < -0.4 is 16.3 Å². The summed E-state index contributed by atoms with van der Waals surface area (Å²) in [5.41, 5.74) is 9.48. The molecule has 1 fully saturated rings. The number of hydrogen-bond acceptors (Lipinski definition) is 7. The molecular weight excluding hydrogens is 318 g/mol. The standard InChI is InChI=1S/C18H23N5O2/c1-11-16(24)6-5-14(22-11)18(19)15(23(2)20)10-25-17-9-13(7-8-21-17)12-3-4-12/h5-9,12,24H,3-4,10,19-20H2,1-2H3/b18-15-. The van der Waals surface area contributed by atoms with Gasteiger partial charge in [0.15, 0.2) is 0 Å². The Bertz CT molecular complexity index is 800. The van der Waals surface area contributed by atoms with Gasteiger partial charge in [0, 0.05) is 19.3 Å². The Hall–Kier alpha value is -2.80. The van der Waals surface area contributed by atoms with Gasteiger partial charge in [-0.05, 0) is 49.4 Å². The SMILES string of the molecule is Cc1nc(/C(N)=C(\COc2cc(C3CC3)ccn2)N(C)N)ccc1O. The molecule has 2 heterocycles. The zero-order chi connectivity index (χ0) is 18.0. The highest BCUT2D eigenvalue weighted by atomic mass is 16.5. The topological polar surface area (TPSA) is 111 Å². The Balaban J connectivity index is 1.80. The molecule has 1 aliphatic rings. The van der Waals surface area contributed by atoms with Crippen LogP contribution in [0.1, 0.15) is 35.7 Å². The molecule has 0 bridgehead atoms. The lowest BCUT2D eigenvalue weighted by molar-refractivity contribution is 0.287. The molecule has 0 radical (unpaired) electrons. The molecule has 2 aromatic rings. The number of aryl methyl sites for hydroxylation is 1. The fraction of sp³-hybridized carbons (Fsp3) is 0.333. The van der Waals surface area contributed by atoms with Crippen molar-refractivity contribution in [1.29, 1.82) is 0 Å². The van der Waals surface area contributed by atoms with Crippen LogP contribution in [0.3, 0.4) is 0 Å². The smallest absolute Gasteiger partial charge is 0.213 e. The van der Waals surface area contributed by atoms with Crippen molar-refractivity contribution >= 4 is 5.70 Å². The third-order valence-corrected chi connectivity index (χ3v) is 4.23. The van der Waals surface area contributed by atoms with E-state index < -0.39 is 0 Å². The molecule has 0 aromatic carbocycles. The van der Waals surface area contributed by atoms with E-state index in [0.29, 0.717) is 34.6 Å². The summed E-state index contributed by atoms with van der Waals surface area (Å²) in [6, 6.07) is 7.19. The molecule has 3 rings (SSSR count). The van der Waals surface area contributed by atoms with Crippen molar-refractivity contribution in [2.75, 3.05) is 13.7 Å². The highest BCUT2D eigenvalue weighted by molar-refractivity contribution is 5.63. The molecule has 1 aliphatic carbocycles. The summed E-state index contributed by atoms with van der Waals surface area (Å²) < 4.78 is 5.80. The summed E-state index contributed by atoms with van der Waals surface area (Å²) in [5, 5.41) is 11.0. The Morgan fingerprint density at radius 1 is 1.36 bits per heavy atom. The normalized spacial score (nSPS) is 14.8. The minimum Gasteiger partial charge on any atom is -0.506 e. The van der Waals surface area contributed by atoms with Crippen LogP contribution in [-0.2, 0) is 0 Å². The molecule has 0 atom stereocenters. The van der Waals surface area contributed by atoms with Crippen molar-refractivity contribution in [2.45, 2.75) is 25.7 Å². The fourth-order valence-electron chi connectivity index (χ4n) is 2.54. The van der Waals surface area contributed by atoms with Crippen molar-refractivity contribution in [1.82, 2.24) is 15.0 Å². The predicted octanol–water partition coefficient (Wildman–Crippen LogP) is 1.88. The third-order valence-electron chi connectivity index (χ3n) is 4.23. The number of hydrazine groups is 1. The highest BCUT2D eigenvalue weighted by Gasteiger charge is 2.24. The molecule has 0 amide bonds. The first kappa shape index (κ1) is 17.0. The Kier molecular flexibility index (Phi) is 4.76. The lowest BCUT2D eigenvalue weighted by atomic mass is 10.2. The second-order valence-electron chi connectivity index (χ2n) is 6.26. The molecular formula is C18H23N5O2. The molecule has 1 saturated carbocycles. The van der Waals surface area contributed by atoms with Gasteiger partial charge in [-0.2, -0.15) is 0 Å². The number of likely N-dealkylation sites (N-methyl/N-ethyl adjacent to an activating group) is 1. The first-order valence-corrected chi connectivity index (χ1v) is 8.18. The number of nitrogens with zero attached hydrogens (tertiary/aromatic N) is 3. The van der Waals surface area contributed by atoms with Crippen LogP contribution in [-0.4, -0.2) is 33.7 Å². The van der Waals surface area contributed by atoms with Crippen molar-refractivity contribution in [3.63, 3.8) is 0 Å². The maximum absolute atomic E-state index is 9.61. The summed E-state index contributed by atoms with van der Waals surface area (Å²) in [4.78, 5) is 8.54. The van der Waals surface area contributed by atoms with Crippen molar-refractivity contribution in [2.24, 2.45) is 11.6 Å². The van der Waals surface area contributed by atoms with E-state index in [-0.39, 0.29) is 12.4 Å². The molecule has 132 valence electrons. The number of aromatic nitrogens is 2. The fourth-order valence-corrected chi connectivity index (χ4v) is 2.54. The number of aromatic hydroxyl groups is 1. The van der Waals surface area contributed by atoms with Gasteiger partial charge in [-0.15, -0.1) is 0 Å². The second-order valence-corrected chi connectivity index (χ2v) is 6.26. The Morgan fingerprint density at radius 3 is 2.76 bits per heavy atom. The van der Waals surface area contributed by atoms with Crippen LogP contribution in [0.25, 0.3) is 5.70 Å². The zero-order valence-electron chi connectivity index (χ0n) is 14.4. The highest BCUT2D eigenvalue weighted by Crippen LogP contribution is 2.40. The molecule has 7 heteroatoms. The number of pyridine rings is 2. The van der Waals surface area contributed by atoms with Gasteiger partial charge in [0.25, 0.3) is 0 Å². The van der Waals surface area contributed by atoms with Gasteiger partial charge in [0.1, 0.15) is 12.4 Å². The Labute approximate surface area is 146 Å². The van der Waals surface area contributed by atoms with Crippen LogP contribution in [0.15, 0.2) is 36.2 Å². The summed E-state index contributed by atoms with van der Waals surface area (Å²) >= 11 is 0. The van der Waals surface area contributed by atoms with Crippen LogP contribution in [0.5, 0.6) is 11.6 Å². The lowest BCUT2D eigenvalue weighted by Gasteiger charge is -2.20. The maximum Gasteiger partial charge on any atom is 0.213 e. The van der Waals surface area contributed by atoms with E-state index in [9.17, 15) is 5.11 Å². The molecule has 5 N–H and O–H groups in total. The maximum atomic E-state index is 9.61. The van der Waals surface area contributed by atoms with E-state index in [1.165, 1.54) is 23.4 Å². The van der Waals surface area contributed by atoms with Crippen molar-refractivity contribution in [3.05, 3.63) is 53.1 Å². The molecule has 7 nitrogen and oxygen atoms in total. The van der Waals surface area contributed by atoms with Crippen LogP contribution in [0.4, 0.5) is 0 Å². The van der Waals surface area contributed by atoms with Gasteiger partial charge in [-0.25, -0.2) is 15.8 Å². The predicted molar refractivity (Wildman–Crippen MR) is 95.4 cm³/mol. The molecule has 25 heavy (non-hydrogen) atoms. The summed E-state index contributed by atoms with van der Waals surface area (Å²) in [6.07, 6.45) is 4.20. The first-order valence-electron chi connectivity index (χ1n) is 8.18. The molecule has 2 aromatic heterocycles. The van der Waals surface area contributed by atoms with Gasteiger partial charge in [0.2, 0.25) is 5.88 Å². The van der Waals surface area contributed by atoms with E-state index in [0.717, 1.165) is 0 Å². The van der Waals surface area contributed by atoms with Gasteiger partial charge in [-0.3, -0.25) is 0 Å². The monoisotopic (exact) mass is 341 g/mol. The van der Waals surface area contributed by atoms with E-state index >= 15 is 0 Å². The van der Waals surface area contributed by atoms with Gasteiger partial charge in [0.05, 0.1) is 22.8 Å². The first-order chi connectivity index (χ1) is 12.0. The number of hydrogen-bond donors (Lipinski definition) is 3. The second kappa shape index (κ2) is 6.98. The van der Waals surface area contributed by atoms with Crippen LogP contribution in [0, 0.1) is 6.92 Å². The van der Waals surface area contributed by atoms with E-state index in [1.807, 2.05) is 12.1 Å². The summed E-state index contributed by atoms with van der Waals surface area (Å²) in [5.74, 6) is 7.21. The van der Waals surface area contributed by atoms with Gasteiger partial charge >= 0.3 is 0 Å². The summed E-state index contributed by atoms with van der Waals surface area (Å²) in [6.45, 7) is 1.88. The van der Waals surface area contributed by atoms with Crippen LogP contribution in [0.2, 0.25) is 0 Å². The van der Waals surface area contributed by atoms with Crippen LogP contribution >= 0.6 is 0 Å². The molecule has 0 saturated heterocycles. The summed E-state index contributed by atoms with van der Waals surface area (Å²) in [7, 11) is 1.69. The average molecular weight is 341 g/mol. The number of nitrogens with two attached hydrogens (primary N) is 2. The minimum atomic E-state index is 0.122. The minimum absolute atomic E-state index is 0.122. The van der Waals surface area contributed by atoms with Gasteiger partial charge < -0.3 is 20.6 Å². The molecule has 0 unspecified atom stereocenters.